The summed E-state index contributed by atoms with van der Waals surface area (Å²) in [5.41, 5.74) is 3.63. The second kappa shape index (κ2) is 11.3. The van der Waals surface area contributed by atoms with E-state index in [1.165, 1.54) is 44.1 Å². The maximum atomic E-state index is 10.9. The zero-order valence-electron chi connectivity index (χ0n) is 26.5. The lowest BCUT2D eigenvalue weighted by Gasteiger charge is -2.51. The molecule has 0 saturated heterocycles. The molecular formula is C34H60O3Si. The minimum absolute atomic E-state index is 0.0638. The Labute approximate surface area is 236 Å². The van der Waals surface area contributed by atoms with Crippen molar-refractivity contribution in [3.05, 3.63) is 35.5 Å². The molecule has 3 fully saturated rings. The first-order valence-electron chi connectivity index (χ1n) is 15.5. The molecule has 0 aromatic heterocycles. The minimum atomic E-state index is -1.90. The van der Waals surface area contributed by atoms with Crippen LogP contribution in [0.1, 0.15) is 120 Å². The molecule has 3 nitrogen and oxygen atoms in total. The summed E-state index contributed by atoms with van der Waals surface area (Å²) < 4.78 is 6.74. The number of rotatable bonds is 8. The van der Waals surface area contributed by atoms with Gasteiger partial charge < -0.3 is 14.6 Å². The first kappa shape index (κ1) is 31.8. The van der Waals surface area contributed by atoms with Crippen LogP contribution in [-0.2, 0) is 4.43 Å². The fourth-order valence-electron chi connectivity index (χ4n) is 7.73. The molecule has 0 radical (unpaired) electrons. The highest BCUT2D eigenvalue weighted by Crippen LogP contribution is 2.67. The Hall–Kier alpha value is -0.683. The van der Waals surface area contributed by atoms with Gasteiger partial charge in [-0.1, -0.05) is 78.7 Å². The third kappa shape index (κ3) is 6.61. The molecule has 3 aliphatic rings. The Balaban J connectivity index is 1.79. The van der Waals surface area contributed by atoms with Gasteiger partial charge in [0.25, 0.3) is 0 Å². The van der Waals surface area contributed by atoms with Gasteiger partial charge in [-0.25, -0.2) is 0 Å². The smallest absolute Gasteiger partial charge is 0.192 e. The van der Waals surface area contributed by atoms with E-state index in [0.29, 0.717) is 17.8 Å². The van der Waals surface area contributed by atoms with Crippen molar-refractivity contribution in [2.45, 2.75) is 156 Å². The van der Waals surface area contributed by atoms with Gasteiger partial charge in [0.2, 0.25) is 0 Å². The van der Waals surface area contributed by atoms with Crippen LogP contribution in [0.3, 0.4) is 0 Å². The topological polar surface area (TPSA) is 49.7 Å². The Morgan fingerprint density at radius 2 is 1.79 bits per heavy atom. The molecule has 0 aromatic carbocycles. The summed E-state index contributed by atoms with van der Waals surface area (Å²) in [5, 5.41) is 21.2. The maximum absolute atomic E-state index is 10.9. The van der Waals surface area contributed by atoms with Crippen molar-refractivity contribution < 1.29 is 14.6 Å². The molecule has 0 bridgehead atoms. The van der Waals surface area contributed by atoms with Crippen molar-refractivity contribution in [3.8, 4) is 0 Å². The molecule has 2 N–H and O–H groups in total. The van der Waals surface area contributed by atoms with E-state index in [0.717, 1.165) is 30.8 Å². The fraction of sp³-hybridized carbons (Fsp3) is 0.824. The second-order valence-electron chi connectivity index (χ2n) is 15.8. The Morgan fingerprint density at radius 1 is 1.13 bits per heavy atom. The zero-order chi connectivity index (χ0) is 28.7. The monoisotopic (exact) mass is 544 g/mol. The highest BCUT2D eigenvalue weighted by Gasteiger charge is 2.57. The van der Waals surface area contributed by atoms with Crippen LogP contribution in [-0.4, -0.2) is 36.3 Å². The highest BCUT2D eigenvalue weighted by atomic mass is 28.4. The summed E-state index contributed by atoms with van der Waals surface area (Å²) in [6.07, 6.45) is 15.3. The summed E-state index contributed by atoms with van der Waals surface area (Å²) in [5.74, 6) is 1.42. The molecule has 38 heavy (non-hydrogen) atoms. The first-order chi connectivity index (χ1) is 17.3. The van der Waals surface area contributed by atoms with Crippen LogP contribution in [0.5, 0.6) is 0 Å². The van der Waals surface area contributed by atoms with Crippen molar-refractivity contribution in [2.24, 2.45) is 22.7 Å². The summed E-state index contributed by atoms with van der Waals surface area (Å²) >= 11 is 0. The van der Waals surface area contributed by atoms with Gasteiger partial charge in [-0.3, -0.25) is 0 Å². The van der Waals surface area contributed by atoms with E-state index >= 15 is 0 Å². The molecule has 3 rings (SSSR count). The van der Waals surface area contributed by atoms with E-state index in [1.54, 1.807) is 5.57 Å². The van der Waals surface area contributed by atoms with E-state index in [9.17, 15) is 10.2 Å². The Kier molecular flexibility index (Phi) is 9.47. The summed E-state index contributed by atoms with van der Waals surface area (Å²) in [7, 11) is -1.90. The quantitative estimate of drug-likeness (QED) is 0.300. The van der Waals surface area contributed by atoms with E-state index in [1.807, 2.05) is 13.8 Å². The van der Waals surface area contributed by atoms with Crippen molar-refractivity contribution >= 4 is 8.32 Å². The lowest BCUT2D eigenvalue weighted by molar-refractivity contribution is 0.0299. The molecule has 218 valence electrons. The number of allylic oxidation sites excluding steroid dienone is 3. The molecule has 0 aromatic rings. The number of hydrogen-bond donors (Lipinski definition) is 2. The zero-order valence-corrected chi connectivity index (χ0v) is 27.5. The van der Waals surface area contributed by atoms with Crippen LogP contribution in [0.25, 0.3) is 0 Å². The van der Waals surface area contributed by atoms with Crippen molar-refractivity contribution in [1.82, 2.24) is 0 Å². The van der Waals surface area contributed by atoms with Gasteiger partial charge in [-0.15, -0.1) is 0 Å². The molecule has 0 spiro atoms. The summed E-state index contributed by atoms with van der Waals surface area (Å²) in [6.45, 7) is 27.2. The van der Waals surface area contributed by atoms with Crippen LogP contribution < -0.4 is 0 Å². The van der Waals surface area contributed by atoms with Gasteiger partial charge in [0.15, 0.2) is 8.32 Å². The second-order valence-corrected chi connectivity index (χ2v) is 20.6. The van der Waals surface area contributed by atoms with Gasteiger partial charge in [-0.2, -0.15) is 0 Å². The summed E-state index contributed by atoms with van der Waals surface area (Å²) in [6, 6.07) is 0. The van der Waals surface area contributed by atoms with Gasteiger partial charge in [-0.05, 0) is 111 Å². The normalized spacial score (nSPS) is 36.1. The van der Waals surface area contributed by atoms with Crippen molar-refractivity contribution in [3.63, 3.8) is 0 Å². The standard InChI is InChI=1S/C34H60O3Si/c1-24(14-12-19-32(6,7)36)29-18-21-33(8)27(15-13-20-34(29,33)9)17-16-26-22-28(23-30(35)25(26)2)37-38(10,11)31(3,4)5/h16-17,24,28-30,35-36H,2,12-15,18-23H2,1,3-11H3/b26-16+,27-17-/t24-,28-,29-,30+,33-,34-/m1/s1. The van der Waals surface area contributed by atoms with Gasteiger partial charge >= 0.3 is 0 Å². The predicted octanol–water partition coefficient (Wildman–Crippen LogP) is 9.12. The van der Waals surface area contributed by atoms with Crippen molar-refractivity contribution in [2.75, 3.05) is 0 Å². The molecule has 3 saturated carbocycles. The third-order valence-corrected chi connectivity index (χ3v) is 16.1. The molecule has 6 atom stereocenters. The highest BCUT2D eigenvalue weighted by molar-refractivity contribution is 6.74. The molecule has 0 aliphatic heterocycles. The largest absolute Gasteiger partial charge is 0.413 e. The van der Waals surface area contributed by atoms with Crippen LogP contribution in [0, 0.1) is 22.7 Å². The van der Waals surface area contributed by atoms with E-state index in [-0.39, 0.29) is 16.6 Å². The first-order valence-corrected chi connectivity index (χ1v) is 18.4. The number of fused-ring (bicyclic) bond motifs is 1. The van der Waals surface area contributed by atoms with E-state index in [2.05, 4.69) is 73.4 Å². The fourth-order valence-corrected chi connectivity index (χ4v) is 9.10. The lowest BCUT2D eigenvalue weighted by Crippen LogP contribution is -2.46. The lowest BCUT2D eigenvalue weighted by atomic mass is 9.53. The Bertz CT molecular complexity index is 917. The van der Waals surface area contributed by atoms with Gasteiger partial charge in [0.1, 0.15) is 0 Å². The summed E-state index contributed by atoms with van der Waals surface area (Å²) in [4.78, 5) is 0. The van der Waals surface area contributed by atoms with Crippen LogP contribution in [0.2, 0.25) is 18.1 Å². The average Bonchev–Trinajstić information content (AvgIpc) is 3.04. The van der Waals surface area contributed by atoms with Crippen molar-refractivity contribution in [1.29, 1.82) is 0 Å². The number of hydrogen-bond acceptors (Lipinski definition) is 3. The SMILES string of the molecule is C=C1/C(=C/C=C2/CCC[C@]3(C)[C@@H]([C@H](C)CCCC(C)(C)O)CC[C@]23C)C[C@@H](O[Si](C)(C)C(C)(C)C)C[C@@H]1O. The van der Waals surface area contributed by atoms with Gasteiger partial charge in [0.05, 0.1) is 17.8 Å². The van der Waals surface area contributed by atoms with E-state index < -0.39 is 20.0 Å². The molecule has 0 unspecified atom stereocenters. The molecule has 3 aliphatic carbocycles. The number of aliphatic hydroxyl groups is 2. The Morgan fingerprint density at radius 3 is 2.39 bits per heavy atom. The molecule has 0 heterocycles. The molecular weight excluding hydrogens is 484 g/mol. The van der Waals surface area contributed by atoms with Gasteiger partial charge in [0, 0.05) is 6.42 Å². The average molecular weight is 545 g/mol. The van der Waals surface area contributed by atoms with Crippen LogP contribution >= 0.6 is 0 Å². The van der Waals surface area contributed by atoms with Crippen LogP contribution in [0.15, 0.2) is 35.5 Å². The minimum Gasteiger partial charge on any atom is -0.413 e. The van der Waals surface area contributed by atoms with Crippen LogP contribution in [0.4, 0.5) is 0 Å². The van der Waals surface area contributed by atoms with E-state index in [4.69, 9.17) is 4.43 Å². The molecule has 0 amide bonds. The predicted molar refractivity (Wildman–Crippen MR) is 165 cm³/mol. The third-order valence-electron chi connectivity index (χ3n) is 11.5. The number of aliphatic hydroxyl groups excluding tert-OH is 1. The molecule has 4 heteroatoms. The maximum Gasteiger partial charge on any atom is 0.192 e.